The van der Waals surface area contributed by atoms with Crippen molar-refractivity contribution in [2.75, 3.05) is 30.0 Å². The first kappa shape index (κ1) is 13.2. The van der Waals surface area contributed by atoms with E-state index in [1.54, 1.807) is 7.05 Å². The lowest BCUT2D eigenvalue weighted by Gasteiger charge is -2.26. The third-order valence-corrected chi connectivity index (χ3v) is 3.31. The Balaban J connectivity index is 2.23. The first-order valence-corrected chi connectivity index (χ1v) is 6.22. The number of anilines is 3. The molecular formula is C11H19N7O. The van der Waals surface area contributed by atoms with Crippen molar-refractivity contribution in [1.29, 1.82) is 0 Å². The minimum Gasteiger partial charge on any atom is -0.409 e. The molecule has 1 aromatic rings. The van der Waals surface area contributed by atoms with Crippen LogP contribution in [0.4, 0.5) is 17.3 Å². The van der Waals surface area contributed by atoms with E-state index >= 15 is 0 Å². The van der Waals surface area contributed by atoms with E-state index in [9.17, 15) is 0 Å². The van der Waals surface area contributed by atoms with Crippen LogP contribution >= 0.6 is 0 Å². The van der Waals surface area contributed by atoms with Crippen molar-refractivity contribution in [3.63, 3.8) is 0 Å². The van der Waals surface area contributed by atoms with E-state index in [0.29, 0.717) is 17.4 Å². The van der Waals surface area contributed by atoms with Gasteiger partial charge in [-0.05, 0) is 18.8 Å². The first-order valence-electron chi connectivity index (χ1n) is 6.22. The fourth-order valence-electron chi connectivity index (χ4n) is 1.95. The smallest absolute Gasteiger partial charge is 0.208 e. The molecule has 0 saturated heterocycles. The number of amidine groups is 1. The summed E-state index contributed by atoms with van der Waals surface area (Å²) < 4.78 is 0. The molecule has 19 heavy (non-hydrogen) atoms. The zero-order valence-electron chi connectivity index (χ0n) is 10.8. The van der Waals surface area contributed by atoms with E-state index in [1.165, 1.54) is 19.3 Å². The summed E-state index contributed by atoms with van der Waals surface area (Å²) in [7, 11) is 1.74. The highest BCUT2D eigenvalue weighted by Crippen LogP contribution is 2.29. The Bertz CT molecular complexity index is 484. The summed E-state index contributed by atoms with van der Waals surface area (Å²) in [5.74, 6) is 1.45. The highest BCUT2D eigenvalue weighted by Gasteiger charge is 2.19. The van der Waals surface area contributed by atoms with Crippen LogP contribution in [-0.2, 0) is 0 Å². The predicted molar refractivity (Wildman–Crippen MR) is 74.3 cm³/mol. The van der Waals surface area contributed by atoms with E-state index in [2.05, 4.69) is 25.8 Å². The largest absolute Gasteiger partial charge is 0.409 e. The van der Waals surface area contributed by atoms with Gasteiger partial charge in [0.25, 0.3) is 0 Å². The summed E-state index contributed by atoms with van der Waals surface area (Å²) >= 11 is 0. The molecule has 104 valence electrons. The maximum Gasteiger partial charge on any atom is 0.208 e. The molecule has 1 aliphatic carbocycles. The topological polar surface area (TPSA) is 134 Å². The van der Waals surface area contributed by atoms with Gasteiger partial charge in [0.05, 0.1) is 0 Å². The third-order valence-electron chi connectivity index (χ3n) is 3.31. The van der Waals surface area contributed by atoms with Crippen molar-refractivity contribution < 1.29 is 5.21 Å². The summed E-state index contributed by atoms with van der Waals surface area (Å²) in [5.41, 5.74) is 11.9. The quantitative estimate of drug-likeness (QED) is 0.225. The van der Waals surface area contributed by atoms with Gasteiger partial charge in [0, 0.05) is 13.6 Å². The van der Waals surface area contributed by atoms with Crippen LogP contribution in [0.15, 0.2) is 5.16 Å². The summed E-state index contributed by atoms with van der Waals surface area (Å²) in [6, 6.07) is 0. The number of nitrogen functional groups attached to an aromatic ring is 1. The molecule has 1 heterocycles. The Kier molecular flexibility index (Phi) is 3.88. The average molecular weight is 265 g/mol. The van der Waals surface area contributed by atoms with Gasteiger partial charge in [0.2, 0.25) is 11.7 Å². The number of oxime groups is 1. The fourth-order valence-corrected chi connectivity index (χ4v) is 1.95. The highest BCUT2D eigenvalue weighted by molar-refractivity contribution is 5.95. The monoisotopic (exact) mass is 265 g/mol. The number of nitrogens with one attached hydrogen (secondary N) is 2. The van der Waals surface area contributed by atoms with E-state index in [4.69, 9.17) is 16.7 Å². The van der Waals surface area contributed by atoms with Crippen molar-refractivity contribution in [2.24, 2.45) is 16.8 Å². The molecule has 0 bridgehead atoms. The lowest BCUT2D eigenvalue weighted by Crippen LogP contribution is -2.24. The van der Waals surface area contributed by atoms with Crippen LogP contribution in [0.25, 0.3) is 0 Å². The Morgan fingerprint density at radius 2 is 2.21 bits per heavy atom. The second kappa shape index (κ2) is 5.59. The number of nitrogens with two attached hydrogens (primary N) is 2. The fraction of sp³-hybridized carbons (Fsp3) is 0.545. The summed E-state index contributed by atoms with van der Waals surface area (Å²) in [6.45, 7) is 0.834. The molecule has 0 atom stereocenters. The summed E-state index contributed by atoms with van der Waals surface area (Å²) in [6.07, 6.45) is 3.75. The number of hydrogen-bond acceptors (Lipinski definition) is 7. The number of nitrogens with zero attached hydrogens (tertiary/aromatic N) is 3. The molecule has 0 unspecified atom stereocenters. The third kappa shape index (κ3) is 2.78. The molecule has 0 aromatic carbocycles. The van der Waals surface area contributed by atoms with Gasteiger partial charge in [0.15, 0.2) is 11.6 Å². The van der Waals surface area contributed by atoms with Gasteiger partial charge in [-0.3, -0.25) is 0 Å². The van der Waals surface area contributed by atoms with Crippen LogP contribution in [0, 0.1) is 5.92 Å². The van der Waals surface area contributed by atoms with Crippen LogP contribution in [0.5, 0.6) is 0 Å². The molecule has 8 heteroatoms. The number of rotatable bonds is 5. The number of aromatic nitrogens is 2. The SMILES string of the molecule is CNc1c(N)nc(/C(N)=N/O)nc1NCC1CCC1. The van der Waals surface area contributed by atoms with Crippen molar-refractivity contribution in [3.8, 4) is 0 Å². The van der Waals surface area contributed by atoms with Crippen molar-refractivity contribution in [1.82, 2.24) is 9.97 Å². The van der Waals surface area contributed by atoms with Crippen LogP contribution < -0.4 is 22.1 Å². The maximum atomic E-state index is 8.67. The number of hydrogen-bond donors (Lipinski definition) is 5. The molecule has 0 radical (unpaired) electrons. The molecule has 1 aromatic heterocycles. The Labute approximate surface area is 111 Å². The standard InChI is InChI=1S/C11H19N7O/c1-14-7-8(12)16-11(9(13)18-19)17-10(7)15-5-6-3-2-4-6/h6,14,19H,2-5H2,1H3,(H2,13,18)(H3,12,15,16,17). The van der Waals surface area contributed by atoms with E-state index in [-0.39, 0.29) is 17.5 Å². The van der Waals surface area contributed by atoms with Crippen LogP contribution in [0.1, 0.15) is 25.1 Å². The molecular weight excluding hydrogens is 246 g/mol. The minimum atomic E-state index is -0.166. The normalized spacial score (nSPS) is 15.9. The van der Waals surface area contributed by atoms with Gasteiger partial charge in [0.1, 0.15) is 5.69 Å². The Hall–Kier alpha value is -2.25. The first-order chi connectivity index (χ1) is 9.15. The lowest BCUT2D eigenvalue weighted by molar-refractivity contribution is 0.318. The van der Waals surface area contributed by atoms with Gasteiger partial charge in [-0.1, -0.05) is 11.6 Å². The highest BCUT2D eigenvalue weighted by atomic mass is 16.4. The molecule has 1 aliphatic rings. The van der Waals surface area contributed by atoms with E-state index < -0.39 is 0 Å². The maximum absolute atomic E-state index is 8.67. The van der Waals surface area contributed by atoms with Gasteiger partial charge < -0.3 is 27.3 Å². The lowest BCUT2D eigenvalue weighted by atomic mass is 9.85. The second-order valence-electron chi connectivity index (χ2n) is 4.57. The Morgan fingerprint density at radius 1 is 1.47 bits per heavy atom. The van der Waals surface area contributed by atoms with Crippen LogP contribution in [0.2, 0.25) is 0 Å². The average Bonchev–Trinajstić information content (AvgIpc) is 2.35. The van der Waals surface area contributed by atoms with Crippen molar-refractivity contribution in [2.45, 2.75) is 19.3 Å². The molecule has 8 nitrogen and oxygen atoms in total. The van der Waals surface area contributed by atoms with E-state index in [0.717, 1.165) is 6.54 Å². The molecule has 0 amide bonds. The molecule has 1 saturated carbocycles. The Morgan fingerprint density at radius 3 is 2.74 bits per heavy atom. The van der Waals surface area contributed by atoms with Gasteiger partial charge in [-0.25, -0.2) is 9.97 Å². The van der Waals surface area contributed by atoms with Crippen molar-refractivity contribution in [3.05, 3.63) is 5.82 Å². The predicted octanol–water partition coefficient (Wildman–Crippen LogP) is 0.407. The molecule has 2 rings (SSSR count). The summed E-state index contributed by atoms with van der Waals surface area (Å²) in [5, 5.41) is 17.7. The van der Waals surface area contributed by atoms with Gasteiger partial charge in [-0.15, -0.1) is 0 Å². The summed E-state index contributed by atoms with van der Waals surface area (Å²) in [4.78, 5) is 8.21. The second-order valence-corrected chi connectivity index (χ2v) is 4.57. The van der Waals surface area contributed by atoms with Crippen molar-refractivity contribution >= 4 is 23.2 Å². The zero-order valence-corrected chi connectivity index (χ0v) is 10.8. The molecule has 7 N–H and O–H groups in total. The molecule has 0 spiro atoms. The van der Waals surface area contributed by atoms with E-state index in [1.807, 2.05) is 0 Å². The molecule has 0 aliphatic heterocycles. The zero-order chi connectivity index (χ0) is 13.8. The van der Waals surface area contributed by atoms with Gasteiger partial charge in [-0.2, -0.15) is 0 Å². The van der Waals surface area contributed by atoms with Crippen LogP contribution in [0.3, 0.4) is 0 Å². The van der Waals surface area contributed by atoms with Gasteiger partial charge >= 0.3 is 0 Å². The van der Waals surface area contributed by atoms with Crippen LogP contribution in [-0.4, -0.2) is 34.6 Å². The minimum absolute atomic E-state index is 0.107. The molecule has 1 fully saturated rings.